The summed E-state index contributed by atoms with van der Waals surface area (Å²) in [7, 11) is 0. The number of carbonyl (C=O) groups is 3. The molecule has 26 heavy (non-hydrogen) atoms. The number of anilines is 2. The van der Waals surface area contributed by atoms with Crippen LogP contribution in [0.25, 0.3) is 0 Å². The molecule has 1 atom stereocenters. The summed E-state index contributed by atoms with van der Waals surface area (Å²) in [6.07, 6.45) is 0.368. The smallest absolute Gasteiger partial charge is 0.323 e. The standard InChI is InChI=1S/C18H15Cl2N3O3/c19-11-6-7-14(13(20)10-11)22-17(25)15-8-9-16(24)23(15)18(26)21-12-4-2-1-3-5-12/h1-7,10,15H,8-9H2,(H,21,26)(H,22,25). The largest absolute Gasteiger partial charge is 0.329 e. The Morgan fingerprint density at radius 1 is 1.04 bits per heavy atom. The van der Waals surface area contributed by atoms with Crippen LogP contribution in [0.5, 0.6) is 0 Å². The van der Waals surface area contributed by atoms with Crippen LogP contribution in [0.3, 0.4) is 0 Å². The average molecular weight is 392 g/mol. The van der Waals surface area contributed by atoms with E-state index < -0.39 is 23.9 Å². The van der Waals surface area contributed by atoms with Gasteiger partial charge >= 0.3 is 6.03 Å². The number of nitrogens with one attached hydrogen (secondary N) is 2. The Balaban J connectivity index is 1.74. The molecule has 0 aromatic heterocycles. The number of hydrogen-bond acceptors (Lipinski definition) is 3. The second-order valence-corrected chi connectivity index (χ2v) is 6.57. The lowest BCUT2D eigenvalue weighted by atomic mass is 10.2. The number of nitrogens with zero attached hydrogens (tertiary/aromatic N) is 1. The van der Waals surface area contributed by atoms with Gasteiger partial charge in [0.2, 0.25) is 11.8 Å². The number of amides is 4. The van der Waals surface area contributed by atoms with E-state index in [9.17, 15) is 14.4 Å². The zero-order valence-corrected chi connectivity index (χ0v) is 15.1. The maximum Gasteiger partial charge on any atom is 0.329 e. The molecule has 2 aromatic carbocycles. The molecule has 2 N–H and O–H groups in total. The van der Waals surface area contributed by atoms with E-state index in [2.05, 4.69) is 10.6 Å². The predicted molar refractivity (Wildman–Crippen MR) is 100 cm³/mol. The molecular formula is C18H15Cl2N3O3. The van der Waals surface area contributed by atoms with E-state index in [-0.39, 0.29) is 17.9 Å². The number of urea groups is 1. The van der Waals surface area contributed by atoms with Gasteiger partial charge in [0, 0.05) is 17.1 Å². The topological polar surface area (TPSA) is 78.5 Å². The monoisotopic (exact) mass is 391 g/mol. The summed E-state index contributed by atoms with van der Waals surface area (Å²) < 4.78 is 0. The molecule has 2 aromatic rings. The lowest BCUT2D eigenvalue weighted by Crippen LogP contribution is -2.47. The molecule has 1 heterocycles. The zero-order chi connectivity index (χ0) is 18.7. The summed E-state index contributed by atoms with van der Waals surface area (Å²) in [4.78, 5) is 38.1. The first-order chi connectivity index (χ1) is 12.5. The first-order valence-electron chi connectivity index (χ1n) is 7.89. The van der Waals surface area contributed by atoms with Crippen molar-refractivity contribution >= 4 is 52.4 Å². The van der Waals surface area contributed by atoms with Crippen LogP contribution in [0.2, 0.25) is 10.0 Å². The van der Waals surface area contributed by atoms with Crippen LogP contribution in [0, 0.1) is 0 Å². The fourth-order valence-electron chi connectivity index (χ4n) is 2.70. The SMILES string of the molecule is O=C(Nc1ccc(Cl)cc1Cl)C1CCC(=O)N1C(=O)Nc1ccccc1. The minimum atomic E-state index is -0.905. The number of likely N-dealkylation sites (tertiary alicyclic amines) is 1. The van der Waals surface area contributed by atoms with Gasteiger partial charge in [-0.2, -0.15) is 0 Å². The molecule has 0 bridgehead atoms. The Morgan fingerprint density at radius 2 is 1.77 bits per heavy atom. The molecule has 6 nitrogen and oxygen atoms in total. The highest BCUT2D eigenvalue weighted by Crippen LogP contribution is 2.27. The minimum Gasteiger partial charge on any atom is -0.323 e. The maximum atomic E-state index is 12.6. The molecule has 0 aliphatic carbocycles. The number of rotatable bonds is 3. The normalized spacial score (nSPS) is 16.5. The molecule has 4 amide bonds. The first kappa shape index (κ1) is 18.2. The van der Waals surface area contributed by atoms with E-state index in [1.807, 2.05) is 6.07 Å². The van der Waals surface area contributed by atoms with Gasteiger partial charge < -0.3 is 10.6 Å². The number of carbonyl (C=O) groups excluding carboxylic acids is 3. The van der Waals surface area contributed by atoms with Crippen LogP contribution in [-0.4, -0.2) is 28.8 Å². The third kappa shape index (κ3) is 3.98. The van der Waals surface area contributed by atoms with Gasteiger partial charge in [0.15, 0.2) is 0 Å². The maximum absolute atomic E-state index is 12.6. The summed E-state index contributed by atoms with van der Waals surface area (Å²) in [5, 5.41) is 5.98. The highest BCUT2D eigenvalue weighted by molar-refractivity contribution is 6.36. The molecule has 3 rings (SSSR count). The average Bonchev–Trinajstić information content (AvgIpc) is 3.00. The van der Waals surface area contributed by atoms with E-state index in [1.165, 1.54) is 6.07 Å². The Hall–Kier alpha value is -2.57. The third-order valence-corrected chi connectivity index (χ3v) is 4.50. The molecule has 1 aliphatic heterocycles. The van der Waals surface area contributed by atoms with Crippen molar-refractivity contribution in [2.75, 3.05) is 10.6 Å². The van der Waals surface area contributed by atoms with Crippen molar-refractivity contribution in [3.8, 4) is 0 Å². The van der Waals surface area contributed by atoms with E-state index in [1.54, 1.807) is 36.4 Å². The van der Waals surface area contributed by atoms with Gasteiger partial charge in [-0.3, -0.25) is 14.5 Å². The van der Waals surface area contributed by atoms with Crippen LogP contribution in [0.1, 0.15) is 12.8 Å². The number of imide groups is 1. The quantitative estimate of drug-likeness (QED) is 0.824. The number of benzene rings is 2. The Morgan fingerprint density at radius 3 is 2.46 bits per heavy atom. The highest BCUT2D eigenvalue weighted by Gasteiger charge is 2.40. The highest BCUT2D eigenvalue weighted by atomic mass is 35.5. The van der Waals surface area contributed by atoms with Gasteiger partial charge in [0.05, 0.1) is 10.7 Å². The van der Waals surface area contributed by atoms with Gasteiger partial charge in [-0.15, -0.1) is 0 Å². The Kier molecular flexibility index (Phi) is 5.44. The molecule has 1 unspecified atom stereocenters. The van der Waals surface area contributed by atoms with Crippen LogP contribution in [0.4, 0.5) is 16.2 Å². The molecule has 8 heteroatoms. The number of halogens is 2. The molecule has 0 radical (unpaired) electrons. The molecular weight excluding hydrogens is 377 g/mol. The fourth-order valence-corrected chi connectivity index (χ4v) is 3.15. The summed E-state index contributed by atoms with van der Waals surface area (Å²) >= 11 is 11.9. The van der Waals surface area contributed by atoms with E-state index in [4.69, 9.17) is 23.2 Å². The molecule has 0 spiro atoms. The van der Waals surface area contributed by atoms with Crippen molar-refractivity contribution in [3.63, 3.8) is 0 Å². The molecule has 134 valence electrons. The fraction of sp³-hybridized carbons (Fsp3) is 0.167. The third-order valence-electron chi connectivity index (χ3n) is 3.95. The van der Waals surface area contributed by atoms with Gasteiger partial charge in [0.1, 0.15) is 6.04 Å². The van der Waals surface area contributed by atoms with Gasteiger partial charge in [-0.25, -0.2) is 4.79 Å². The summed E-state index contributed by atoms with van der Waals surface area (Å²) in [5.74, 6) is -0.885. The zero-order valence-electron chi connectivity index (χ0n) is 13.5. The lowest BCUT2D eigenvalue weighted by molar-refractivity contribution is -0.130. The molecule has 0 saturated carbocycles. The van der Waals surface area contributed by atoms with E-state index >= 15 is 0 Å². The first-order valence-corrected chi connectivity index (χ1v) is 8.65. The van der Waals surface area contributed by atoms with Crippen molar-refractivity contribution in [2.24, 2.45) is 0 Å². The van der Waals surface area contributed by atoms with Crippen molar-refractivity contribution in [1.29, 1.82) is 0 Å². The summed E-state index contributed by atoms with van der Waals surface area (Å²) in [6.45, 7) is 0. The van der Waals surface area contributed by atoms with Crippen molar-refractivity contribution < 1.29 is 14.4 Å². The number of hydrogen-bond donors (Lipinski definition) is 2. The van der Waals surface area contributed by atoms with Crippen LogP contribution in [-0.2, 0) is 9.59 Å². The van der Waals surface area contributed by atoms with Crippen molar-refractivity contribution in [1.82, 2.24) is 4.90 Å². The Labute approximate surface area is 160 Å². The lowest BCUT2D eigenvalue weighted by Gasteiger charge is -2.23. The minimum absolute atomic E-state index is 0.120. The predicted octanol–water partition coefficient (Wildman–Crippen LogP) is 4.16. The summed E-state index contributed by atoms with van der Waals surface area (Å²) in [5.41, 5.74) is 0.904. The van der Waals surface area contributed by atoms with Gasteiger partial charge in [-0.05, 0) is 36.8 Å². The molecule has 1 fully saturated rings. The van der Waals surface area contributed by atoms with E-state index in [0.717, 1.165) is 4.90 Å². The van der Waals surface area contributed by atoms with Crippen molar-refractivity contribution in [3.05, 3.63) is 58.6 Å². The second kappa shape index (κ2) is 7.76. The van der Waals surface area contributed by atoms with Gasteiger partial charge in [-0.1, -0.05) is 41.4 Å². The van der Waals surface area contributed by atoms with Crippen LogP contribution >= 0.6 is 23.2 Å². The second-order valence-electron chi connectivity index (χ2n) is 5.73. The van der Waals surface area contributed by atoms with E-state index in [0.29, 0.717) is 16.4 Å². The summed E-state index contributed by atoms with van der Waals surface area (Å²) in [6, 6.07) is 11.8. The number of para-hydroxylation sites is 1. The van der Waals surface area contributed by atoms with Gasteiger partial charge in [0.25, 0.3) is 0 Å². The Bertz CT molecular complexity index is 858. The van der Waals surface area contributed by atoms with Crippen LogP contribution in [0.15, 0.2) is 48.5 Å². The molecule has 1 saturated heterocycles. The van der Waals surface area contributed by atoms with Crippen LogP contribution < -0.4 is 10.6 Å². The molecule has 1 aliphatic rings. The van der Waals surface area contributed by atoms with Crippen molar-refractivity contribution in [2.45, 2.75) is 18.9 Å².